The van der Waals surface area contributed by atoms with Crippen LogP contribution in [0.1, 0.15) is 35.6 Å². The Morgan fingerprint density at radius 1 is 1.33 bits per heavy atom. The summed E-state index contributed by atoms with van der Waals surface area (Å²) < 4.78 is 62.8. The molecule has 0 spiro atoms. The first-order valence-electron chi connectivity index (χ1n) is 7.43. The van der Waals surface area contributed by atoms with Gasteiger partial charge >= 0.3 is 6.18 Å². The van der Waals surface area contributed by atoms with Crippen molar-refractivity contribution >= 4 is 15.7 Å². The molecular formula is C15H16F3N3O2S. The fraction of sp³-hybridized carbons (Fsp3) is 0.400. The van der Waals surface area contributed by atoms with Gasteiger partial charge in [-0.15, -0.1) is 0 Å². The van der Waals surface area contributed by atoms with Gasteiger partial charge in [0.05, 0.1) is 17.7 Å². The molecule has 0 amide bonds. The highest BCUT2D eigenvalue weighted by Crippen LogP contribution is 2.39. The Kier molecular flexibility index (Phi) is 4.29. The summed E-state index contributed by atoms with van der Waals surface area (Å²) in [6.45, 7) is 0. The quantitative estimate of drug-likeness (QED) is 0.880. The number of halogens is 3. The molecule has 130 valence electrons. The molecule has 1 atom stereocenters. The number of alkyl halides is 3. The van der Waals surface area contributed by atoms with Gasteiger partial charge in [0.25, 0.3) is 0 Å². The highest BCUT2D eigenvalue weighted by atomic mass is 32.2. The number of nitrogens with one attached hydrogen (secondary N) is 2. The van der Waals surface area contributed by atoms with Crippen LogP contribution < -0.4 is 4.72 Å². The molecule has 0 aliphatic heterocycles. The van der Waals surface area contributed by atoms with Crippen LogP contribution in [0.25, 0.3) is 0 Å². The summed E-state index contributed by atoms with van der Waals surface area (Å²) in [5.41, 5.74) is 2.70. The smallest absolute Gasteiger partial charge is 0.351 e. The number of hydrogen-bond donors (Lipinski definition) is 2. The molecule has 0 saturated carbocycles. The third-order valence-electron chi connectivity index (χ3n) is 4.00. The van der Waals surface area contributed by atoms with Crippen molar-refractivity contribution in [2.24, 2.45) is 0 Å². The van der Waals surface area contributed by atoms with Gasteiger partial charge in [-0.3, -0.25) is 4.72 Å². The van der Waals surface area contributed by atoms with Gasteiger partial charge in [-0.1, -0.05) is 12.1 Å². The van der Waals surface area contributed by atoms with E-state index in [0.717, 1.165) is 29.7 Å². The summed E-state index contributed by atoms with van der Waals surface area (Å²) in [6.07, 6.45) is 0.845. The van der Waals surface area contributed by atoms with Crippen molar-refractivity contribution < 1.29 is 21.6 Å². The first-order valence-corrected chi connectivity index (χ1v) is 9.08. The van der Waals surface area contributed by atoms with Crippen LogP contribution in [-0.4, -0.2) is 30.3 Å². The van der Waals surface area contributed by atoms with E-state index < -0.39 is 22.0 Å². The van der Waals surface area contributed by atoms with Crippen LogP contribution >= 0.6 is 0 Å². The Hall–Kier alpha value is -2.03. The molecule has 0 bridgehead atoms. The number of fused-ring (bicyclic) bond motifs is 1. The van der Waals surface area contributed by atoms with Gasteiger partial charge < -0.3 is 4.98 Å². The molecule has 1 aromatic carbocycles. The highest BCUT2D eigenvalue weighted by molar-refractivity contribution is 7.92. The van der Waals surface area contributed by atoms with E-state index in [4.69, 9.17) is 0 Å². The molecule has 1 heterocycles. The predicted molar refractivity (Wildman–Crippen MR) is 83.3 cm³/mol. The van der Waals surface area contributed by atoms with Crippen molar-refractivity contribution in [2.45, 2.75) is 31.4 Å². The minimum absolute atomic E-state index is 0.00655. The minimum atomic E-state index is -4.78. The van der Waals surface area contributed by atoms with Gasteiger partial charge in [0, 0.05) is 12.1 Å². The van der Waals surface area contributed by atoms with Crippen molar-refractivity contribution in [2.75, 3.05) is 10.5 Å². The Balaban J connectivity index is 1.93. The van der Waals surface area contributed by atoms with Crippen LogP contribution in [0.15, 0.2) is 30.7 Å². The lowest BCUT2D eigenvalue weighted by Gasteiger charge is -2.26. The molecule has 24 heavy (non-hydrogen) atoms. The summed E-state index contributed by atoms with van der Waals surface area (Å²) in [7, 11) is -4.49. The van der Waals surface area contributed by atoms with Gasteiger partial charge in [0.1, 0.15) is 0 Å². The van der Waals surface area contributed by atoms with Crippen LogP contribution in [0.4, 0.5) is 18.9 Å². The van der Waals surface area contributed by atoms with E-state index in [-0.39, 0.29) is 11.6 Å². The van der Waals surface area contributed by atoms with E-state index in [1.165, 1.54) is 6.07 Å². The summed E-state index contributed by atoms with van der Waals surface area (Å²) in [5, 5.41) is 0. The average Bonchev–Trinajstić information content (AvgIpc) is 2.98. The number of nitrogens with zero attached hydrogens (tertiary/aromatic N) is 1. The number of rotatable bonds is 4. The average molecular weight is 359 g/mol. The molecule has 0 saturated heterocycles. The molecule has 0 fully saturated rings. The molecular weight excluding hydrogens is 343 g/mol. The maximum Gasteiger partial charge on any atom is 0.404 e. The fourth-order valence-electron chi connectivity index (χ4n) is 3.13. The molecule has 1 aromatic heterocycles. The first-order chi connectivity index (χ1) is 11.3. The lowest BCUT2D eigenvalue weighted by molar-refractivity contribution is -0.106. The Morgan fingerprint density at radius 3 is 2.79 bits per heavy atom. The van der Waals surface area contributed by atoms with Crippen molar-refractivity contribution in [3.8, 4) is 0 Å². The molecule has 2 aromatic rings. The molecule has 3 rings (SSSR count). The second-order valence-electron chi connectivity index (χ2n) is 5.79. The van der Waals surface area contributed by atoms with E-state index in [1.54, 1.807) is 18.6 Å². The number of aromatic amines is 1. The minimum Gasteiger partial charge on any atom is -0.351 e. The molecule has 1 aliphatic carbocycles. The van der Waals surface area contributed by atoms with Crippen molar-refractivity contribution in [1.82, 2.24) is 9.97 Å². The zero-order valence-corrected chi connectivity index (χ0v) is 13.4. The zero-order valence-electron chi connectivity index (χ0n) is 12.6. The van der Waals surface area contributed by atoms with Crippen molar-refractivity contribution in [3.05, 3.63) is 47.5 Å². The van der Waals surface area contributed by atoms with Crippen LogP contribution in [0.5, 0.6) is 0 Å². The molecule has 1 unspecified atom stereocenters. The van der Waals surface area contributed by atoms with Crippen molar-refractivity contribution in [3.63, 3.8) is 0 Å². The maximum atomic E-state index is 12.4. The number of sulfonamides is 1. The van der Waals surface area contributed by atoms with E-state index in [0.29, 0.717) is 6.42 Å². The summed E-state index contributed by atoms with van der Waals surface area (Å²) in [5.74, 6) is -1.89. The third kappa shape index (κ3) is 3.72. The summed E-state index contributed by atoms with van der Waals surface area (Å²) in [6, 6.07) is 5.02. The van der Waals surface area contributed by atoms with Crippen LogP contribution in [0.3, 0.4) is 0 Å². The number of H-pyrrole nitrogens is 1. The molecule has 0 radical (unpaired) electrons. The first kappa shape index (κ1) is 16.8. The monoisotopic (exact) mass is 359 g/mol. The standard InChI is InChI=1S/C15H16F3N3O2S/c16-15(17,18)8-24(22,23)21-13-6-2-3-10-11(13)4-1-5-12(10)14-7-19-9-20-14/h2-3,6-7,9,12,21H,1,4-5,8H2,(H,19,20). The molecule has 5 nitrogen and oxygen atoms in total. The second-order valence-corrected chi connectivity index (χ2v) is 7.51. The molecule has 9 heteroatoms. The number of benzene rings is 1. The second kappa shape index (κ2) is 6.12. The van der Waals surface area contributed by atoms with Crippen molar-refractivity contribution in [1.29, 1.82) is 0 Å². The number of anilines is 1. The Labute approximate surface area is 137 Å². The van der Waals surface area contributed by atoms with Gasteiger partial charge in [0.2, 0.25) is 10.0 Å². The van der Waals surface area contributed by atoms with Gasteiger partial charge in [0.15, 0.2) is 5.75 Å². The number of aromatic nitrogens is 2. The fourth-order valence-corrected chi connectivity index (χ4v) is 4.16. The molecule has 2 N–H and O–H groups in total. The highest BCUT2D eigenvalue weighted by Gasteiger charge is 2.36. The topological polar surface area (TPSA) is 74.8 Å². The van der Waals surface area contributed by atoms with E-state index in [1.807, 2.05) is 6.07 Å². The predicted octanol–water partition coefficient (Wildman–Crippen LogP) is 3.18. The molecule has 1 aliphatic rings. The van der Waals surface area contributed by atoms with Gasteiger partial charge in [-0.2, -0.15) is 13.2 Å². The number of hydrogen-bond acceptors (Lipinski definition) is 3. The lowest BCUT2D eigenvalue weighted by atomic mass is 9.80. The number of imidazole rings is 1. The van der Waals surface area contributed by atoms with E-state index in [9.17, 15) is 21.6 Å². The SMILES string of the molecule is O=S(=O)(CC(F)(F)F)Nc1cccc2c1CCCC2c1c[nH]cn1. The lowest BCUT2D eigenvalue weighted by Crippen LogP contribution is -2.28. The normalized spacial score (nSPS) is 18.2. The largest absolute Gasteiger partial charge is 0.404 e. The zero-order chi connectivity index (χ0) is 17.4. The Bertz CT molecular complexity index is 817. The Morgan fingerprint density at radius 2 is 2.12 bits per heavy atom. The third-order valence-corrected chi connectivity index (χ3v) is 5.24. The van der Waals surface area contributed by atoms with Gasteiger partial charge in [-0.25, -0.2) is 13.4 Å². The van der Waals surface area contributed by atoms with Crippen LogP contribution in [0, 0.1) is 0 Å². The maximum absolute atomic E-state index is 12.4. The van der Waals surface area contributed by atoms with E-state index in [2.05, 4.69) is 14.7 Å². The van der Waals surface area contributed by atoms with Crippen LogP contribution in [-0.2, 0) is 16.4 Å². The summed E-state index contributed by atoms with van der Waals surface area (Å²) in [4.78, 5) is 7.14. The summed E-state index contributed by atoms with van der Waals surface area (Å²) >= 11 is 0. The van der Waals surface area contributed by atoms with Gasteiger partial charge in [-0.05, 0) is 36.5 Å². The van der Waals surface area contributed by atoms with E-state index >= 15 is 0 Å². The van der Waals surface area contributed by atoms with Crippen LogP contribution in [0.2, 0.25) is 0 Å².